The van der Waals surface area contributed by atoms with E-state index in [1.165, 1.54) is 0 Å². The molecule has 0 unspecified atom stereocenters. The van der Waals surface area contributed by atoms with Gasteiger partial charge < -0.3 is 5.32 Å². The first kappa shape index (κ1) is 17.0. The Morgan fingerprint density at radius 2 is 2.00 bits per heavy atom. The summed E-state index contributed by atoms with van der Waals surface area (Å²) in [5.74, 6) is 0.315. The highest BCUT2D eigenvalue weighted by molar-refractivity contribution is 7.91. The molecule has 1 heterocycles. The number of sulfone groups is 1. The van der Waals surface area contributed by atoms with Gasteiger partial charge in [-0.25, -0.2) is 8.42 Å². The van der Waals surface area contributed by atoms with Crippen LogP contribution in [0.25, 0.3) is 0 Å². The molecule has 0 saturated heterocycles. The summed E-state index contributed by atoms with van der Waals surface area (Å²) in [6.45, 7) is 6.70. The summed E-state index contributed by atoms with van der Waals surface area (Å²) in [7, 11) is -3.08. The minimum absolute atomic E-state index is 0.00966. The van der Waals surface area contributed by atoms with Gasteiger partial charge in [0.2, 0.25) is 5.91 Å². The molecule has 1 amide bonds. The molecule has 22 heavy (non-hydrogen) atoms. The number of benzene rings is 1. The fourth-order valence-electron chi connectivity index (χ4n) is 2.74. The van der Waals surface area contributed by atoms with E-state index in [-0.39, 0.29) is 17.1 Å². The third-order valence-electron chi connectivity index (χ3n) is 3.75. The van der Waals surface area contributed by atoms with Crippen molar-refractivity contribution in [2.75, 3.05) is 12.3 Å². The number of amides is 1. The molecule has 2 rings (SSSR count). The highest BCUT2D eigenvalue weighted by atomic mass is 32.2. The van der Waals surface area contributed by atoms with E-state index in [9.17, 15) is 13.2 Å². The number of nitrogens with one attached hydrogen (secondary N) is 1. The Balaban J connectivity index is 1.94. The highest BCUT2D eigenvalue weighted by Crippen LogP contribution is 2.26. The molecule has 0 saturated carbocycles. The second-order valence-corrected chi connectivity index (χ2v) is 9.28. The van der Waals surface area contributed by atoms with Gasteiger partial charge in [-0.1, -0.05) is 32.9 Å². The second-order valence-electron chi connectivity index (χ2n) is 7.20. The van der Waals surface area contributed by atoms with Crippen LogP contribution in [0.4, 0.5) is 0 Å². The Morgan fingerprint density at radius 1 is 1.27 bits per heavy atom. The van der Waals surface area contributed by atoms with Crippen LogP contribution in [0.3, 0.4) is 0 Å². The zero-order valence-electron chi connectivity index (χ0n) is 13.6. The Kier molecular flexibility index (Phi) is 4.95. The summed E-state index contributed by atoms with van der Waals surface area (Å²) in [6.07, 6.45) is 2.75. The van der Waals surface area contributed by atoms with Gasteiger partial charge in [0.15, 0.2) is 9.84 Å². The zero-order chi connectivity index (χ0) is 16.4. The van der Waals surface area contributed by atoms with E-state index in [1.54, 1.807) is 6.07 Å². The van der Waals surface area contributed by atoms with Gasteiger partial charge in [0.25, 0.3) is 0 Å². The molecule has 122 valence electrons. The van der Waals surface area contributed by atoms with E-state index < -0.39 is 9.84 Å². The fourth-order valence-corrected chi connectivity index (χ4v) is 4.32. The zero-order valence-corrected chi connectivity index (χ0v) is 14.4. The lowest BCUT2D eigenvalue weighted by molar-refractivity contribution is -0.122. The maximum atomic E-state index is 12.0. The van der Waals surface area contributed by atoms with Crippen LogP contribution < -0.4 is 5.32 Å². The van der Waals surface area contributed by atoms with Crippen molar-refractivity contribution >= 4 is 15.7 Å². The van der Waals surface area contributed by atoms with E-state index in [2.05, 4.69) is 5.32 Å². The second kappa shape index (κ2) is 6.41. The summed E-state index contributed by atoms with van der Waals surface area (Å²) >= 11 is 0. The largest absolute Gasteiger partial charge is 0.356 e. The number of hydrogen-bond acceptors (Lipinski definition) is 3. The molecule has 0 bridgehead atoms. The van der Waals surface area contributed by atoms with E-state index in [0.29, 0.717) is 24.3 Å². The van der Waals surface area contributed by atoms with Gasteiger partial charge in [-0.05, 0) is 41.9 Å². The van der Waals surface area contributed by atoms with E-state index in [1.807, 2.05) is 32.9 Å². The first-order valence-electron chi connectivity index (χ1n) is 7.79. The van der Waals surface area contributed by atoms with Crippen molar-refractivity contribution in [1.82, 2.24) is 5.32 Å². The van der Waals surface area contributed by atoms with Crippen molar-refractivity contribution < 1.29 is 13.2 Å². The van der Waals surface area contributed by atoms with Crippen molar-refractivity contribution in [1.29, 1.82) is 0 Å². The smallest absolute Gasteiger partial charge is 0.220 e. The van der Waals surface area contributed by atoms with Crippen molar-refractivity contribution in [3.8, 4) is 0 Å². The minimum Gasteiger partial charge on any atom is -0.356 e. The summed E-state index contributed by atoms with van der Waals surface area (Å²) in [6, 6.07) is 5.55. The molecular formula is C17H25NO3S. The molecule has 0 aromatic heterocycles. The predicted molar refractivity (Wildman–Crippen MR) is 87.6 cm³/mol. The standard InChI is InChI=1S/C17H25NO3S/c1-17(2,3)12-16(19)18-9-8-13-6-7-15-14(11-13)5-4-10-22(15,20)21/h6-7,11H,4-5,8-10,12H2,1-3H3,(H,18,19). The first-order valence-corrected chi connectivity index (χ1v) is 9.44. The first-order chi connectivity index (χ1) is 10.2. The van der Waals surface area contributed by atoms with Crippen LogP contribution in [0.15, 0.2) is 23.1 Å². The van der Waals surface area contributed by atoms with Gasteiger partial charge in [-0.2, -0.15) is 0 Å². The van der Waals surface area contributed by atoms with Crippen LogP contribution in [0.5, 0.6) is 0 Å². The van der Waals surface area contributed by atoms with Gasteiger partial charge in [-0.15, -0.1) is 0 Å². The molecule has 4 nitrogen and oxygen atoms in total. The highest BCUT2D eigenvalue weighted by Gasteiger charge is 2.23. The lowest BCUT2D eigenvalue weighted by atomic mass is 9.92. The quantitative estimate of drug-likeness (QED) is 0.926. The third-order valence-corrected chi connectivity index (χ3v) is 5.64. The number of aryl methyl sites for hydroxylation is 1. The van der Waals surface area contributed by atoms with Gasteiger partial charge in [-0.3, -0.25) is 4.79 Å². The normalized spacial score (nSPS) is 16.9. The SMILES string of the molecule is CC(C)(C)CC(=O)NCCc1ccc2c(c1)CCCS2(=O)=O. The molecule has 1 aliphatic rings. The summed E-state index contributed by atoms with van der Waals surface area (Å²) in [5.41, 5.74) is 1.99. The molecule has 0 fully saturated rings. The monoisotopic (exact) mass is 323 g/mol. The topological polar surface area (TPSA) is 63.2 Å². The average molecular weight is 323 g/mol. The van der Waals surface area contributed by atoms with Crippen molar-refractivity contribution in [2.24, 2.45) is 5.41 Å². The van der Waals surface area contributed by atoms with Crippen LogP contribution in [-0.2, 0) is 27.5 Å². The van der Waals surface area contributed by atoms with Crippen LogP contribution in [0.1, 0.15) is 44.7 Å². The minimum atomic E-state index is -3.08. The Hall–Kier alpha value is -1.36. The van der Waals surface area contributed by atoms with Gasteiger partial charge in [0, 0.05) is 13.0 Å². The van der Waals surface area contributed by atoms with Crippen molar-refractivity contribution in [2.45, 2.75) is 51.3 Å². The lowest BCUT2D eigenvalue weighted by Gasteiger charge is -2.18. The Morgan fingerprint density at radius 3 is 2.68 bits per heavy atom. The summed E-state index contributed by atoms with van der Waals surface area (Å²) in [4.78, 5) is 12.3. The Bertz CT molecular complexity index is 657. The molecule has 0 radical (unpaired) electrons. The van der Waals surface area contributed by atoms with Crippen molar-refractivity contribution in [3.05, 3.63) is 29.3 Å². The molecule has 0 spiro atoms. The maximum absolute atomic E-state index is 12.0. The fraction of sp³-hybridized carbons (Fsp3) is 0.588. The van der Waals surface area contributed by atoms with E-state index in [0.717, 1.165) is 24.0 Å². The van der Waals surface area contributed by atoms with Gasteiger partial charge in [0.05, 0.1) is 10.6 Å². The molecule has 1 N–H and O–H groups in total. The molecule has 0 aliphatic carbocycles. The van der Waals surface area contributed by atoms with E-state index >= 15 is 0 Å². The number of fused-ring (bicyclic) bond motifs is 1. The number of carbonyl (C=O) groups is 1. The summed E-state index contributed by atoms with van der Waals surface area (Å²) in [5, 5.41) is 2.93. The lowest BCUT2D eigenvalue weighted by Crippen LogP contribution is -2.29. The van der Waals surface area contributed by atoms with Crippen LogP contribution in [0.2, 0.25) is 0 Å². The van der Waals surface area contributed by atoms with Crippen LogP contribution >= 0.6 is 0 Å². The molecular weight excluding hydrogens is 298 g/mol. The number of hydrogen-bond donors (Lipinski definition) is 1. The maximum Gasteiger partial charge on any atom is 0.220 e. The van der Waals surface area contributed by atoms with Gasteiger partial charge in [0.1, 0.15) is 0 Å². The molecule has 0 atom stereocenters. The van der Waals surface area contributed by atoms with Crippen LogP contribution in [0, 0.1) is 5.41 Å². The molecule has 1 aromatic carbocycles. The Labute approximate surface area is 133 Å². The molecule has 1 aromatic rings. The number of rotatable bonds is 4. The summed E-state index contributed by atoms with van der Waals surface area (Å²) < 4.78 is 23.9. The van der Waals surface area contributed by atoms with Crippen LogP contribution in [-0.4, -0.2) is 26.6 Å². The predicted octanol–water partition coefficient (Wildman–Crippen LogP) is 2.50. The van der Waals surface area contributed by atoms with E-state index in [4.69, 9.17) is 0 Å². The van der Waals surface area contributed by atoms with Gasteiger partial charge >= 0.3 is 0 Å². The molecule has 5 heteroatoms. The molecule has 1 aliphatic heterocycles. The average Bonchev–Trinajstić information content (AvgIpc) is 2.36. The number of carbonyl (C=O) groups excluding carboxylic acids is 1. The third kappa shape index (κ3) is 4.57. The van der Waals surface area contributed by atoms with Crippen molar-refractivity contribution in [3.63, 3.8) is 0 Å².